The van der Waals surface area contributed by atoms with E-state index in [4.69, 9.17) is 16.2 Å². The molecule has 3 rings (SSSR count). The van der Waals surface area contributed by atoms with Crippen molar-refractivity contribution in [2.75, 3.05) is 10.6 Å². The second kappa shape index (κ2) is 7.88. The number of nitrogens with one attached hydrogen (secondary N) is 2. The minimum Gasteiger partial charge on any atom is -0.324 e. The molecule has 3 aromatic rings. The van der Waals surface area contributed by atoms with Gasteiger partial charge in [-0.15, -0.1) is 0 Å². The van der Waals surface area contributed by atoms with Crippen molar-refractivity contribution in [3.63, 3.8) is 0 Å². The van der Waals surface area contributed by atoms with Gasteiger partial charge < -0.3 is 10.6 Å². The zero-order chi connectivity index (χ0) is 21.2. The van der Waals surface area contributed by atoms with Gasteiger partial charge in [0.05, 0.1) is 10.6 Å². The lowest BCUT2D eigenvalue weighted by atomic mass is 10.3. The highest BCUT2D eigenvalue weighted by atomic mass is 35.5. The van der Waals surface area contributed by atoms with Gasteiger partial charge in [0.15, 0.2) is 0 Å². The Bertz CT molecular complexity index is 1280. The molecule has 0 amide bonds. The zero-order valence-corrected chi connectivity index (χ0v) is 16.6. The smallest absolute Gasteiger partial charge is 0.296 e. The van der Waals surface area contributed by atoms with Crippen molar-refractivity contribution in [2.24, 2.45) is 0 Å². The van der Waals surface area contributed by atoms with Gasteiger partial charge in [0.2, 0.25) is 17.2 Å². The summed E-state index contributed by atoms with van der Waals surface area (Å²) in [6, 6.07) is 10.7. The highest BCUT2D eigenvalue weighted by Crippen LogP contribution is 2.25. The summed E-state index contributed by atoms with van der Waals surface area (Å²) >= 11 is 5.87. The summed E-state index contributed by atoms with van der Waals surface area (Å²) in [5.41, 5.74) is 0.225. The molecule has 2 aromatic carbocycles. The number of benzene rings is 2. The predicted molar refractivity (Wildman–Crippen MR) is 104 cm³/mol. The second-order valence-electron chi connectivity index (χ2n) is 5.48. The van der Waals surface area contributed by atoms with Crippen molar-refractivity contribution < 1.29 is 25.9 Å². The van der Waals surface area contributed by atoms with E-state index in [2.05, 4.69) is 25.6 Å². The Morgan fingerprint density at radius 2 is 1.45 bits per heavy atom. The van der Waals surface area contributed by atoms with Gasteiger partial charge in [-0.2, -0.15) is 31.8 Å². The van der Waals surface area contributed by atoms with Crippen LogP contribution in [0.4, 0.5) is 23.3 Å². The molecule has 0 unspecified atom stereocenters. The second-order valence-corrected chi connectivity index (χ2v) is 8.63. The summed E-state index contributed by atoms with van der Waals surface area (Å²) in [6.07, 6.45) is 0. The van der Waals surface area contributed by atoms with Crippen LogP contribution in [-0.4, -0.2) is 40.9 Å². The molecular weight excluding hydrogens is 446 g/mol. The lowest BCUT2D eigenvalue weighted by Crippen LogP contribution is -2.07. The van der Waals surface area contributed by atoms with Gasteiger partial charge in [0.25, 0.3) is 20.2 Å². The third-order valence-corrected chi connectivity index (χ3v) is 5.34. The molecule has 14 heteroatoms. The SMILES string of the molecule is O=S(=O)(O)c1cccc(Nc2nc(Cl)nc(Nc3ccccc3S(=O)(=O)O)n2)c1. The van der Waals surface area contributed by atoms with E-state index in [9.17, 15) is 21.4 Å². The molecule has 0 bridgehead atoms. The number of anilines is 4. The first-order chi connectivity index (χ1) is 13.5. The number of aromatic nitrogens is 3. The molecule has 29 heavy (non-hydrogen) atoms. The summed E-state index contributed by atoms with van der Waals surface area (Å²) < 4.78 is 63.9. The van der Waals surface area contributed by atoms with E-state index < -0.39 is 25.1 Å². The van der Waals surface area contributed by atoms with Crippen molar-refractivity contribution in [3.8, 4) is 0 Å². The van der Waals surface area contributed by atoms with E-state index in [1.165, 1.54) is 42.5 Å². The number of hydrogen-bond donors (Lipinski definition) is 4. The normalized spacial score (nSPS) is 11.8. The van der Waals surface area contributed by atoms with Crippen LogP contribution in [0.2, 0.25) is 5.28 Å². The maximum Gasteiger partial charge on any atom is 0.296 e. The Labute approximate surface area is 170 Å². The third-order valence-electron chi connectivity index (χ3n) is 3.41. The third kappa shape index (κ3) is 5.36. The van der Waals surface area contributed by atoms with E-state index in [1.807, 2.05) is 0 Å². The van der Waals surface area contributed by atoms with Crippen LogP contribution in [0.5, 0.6) is 0 Å². The standard InChI is InChI=1S/C15H12ClN5O6S2/c16-13-19-14(17-9-4-3-5-10(8-9)28(22,23)24)21-15(20-13)18-11-6-1-2-7-12(11)29(25,26)27/h1-8H,(H,22,23,24)(H,25,26,27)(H2,17,18,19,20,21). The maximum absolute atomic E-state index is 11.5. The average molecular weight is 458 g/mol. The molecule has 0 fully saturated rings. The van der Waals surface area contributed by atoms with Crippen molar-refractivity contribution in [1.82, 2.24) is 15.0 Å². The van der Waals surface area contributed by atoms with Gasteiger partial charge in [-0.05, 0) is 41.9 Å². The lowest BCUT2D eigenvalue weighted by molar-refractivity contribution is 0.481. The molecular formula is C15H12ClN5O6S2. The van der Waals surface area contributed by atoms with Crippen LogP contribution in [0.15, 0.2) is 58.3 Å². The summed E-state index contributed by atoms with van der Waals surface area (Å²) in [6.45, 7) is 0. The molecule has 0 aliphatic carbocycles. The van der Waals surface area contributed by atoms with Crippen molar-refractivity contribution in [2.45, 2.75) is 9.79 Å². The largest absolute Gasteiger partial charge is 0.324 e. The van der Waals surface area contributed by atoms with Crippen LogP contribution in [0.3, 0.4) is 0 Å². The molecule has 1 aromatic heterocycles. The molecule has 0 aliphatic rings. The molecule has 1 heterocycles. The lowest BCUT2D eigenvalue weighted by Gasteiger charge is -2.11. The molecule has 0 atom stereocenters. The molecule has 4 N–H and O–H groups in total. The number of hydrogen-bond acceptors (Lipinski definition) is 9. The summed E-state index contributed by atoms with van der Waals surface area (Å²) in [7, 11) is -8.91. The van der Waals surface area contributed by atoms with Gasteiger partial charge >= 0.3 is 0 Å². The highest BCUT2D eigenvalue weighted by Gasteiger charge is 2.16. The molecule has 0 aliphatic heterocycles. The Hall–Kier alpha value is -2.84. The molecule has 152 valence electrons. The van der Waals surface area contributed by atoms with Crippen molar-refractivity contribution >= 4 is 55.1 Å². The molecule has 0 radical (unpaired) electrons. The Morgan fingerprint density at radius 1 is 0.793 bits per heavy atom. The van der Waals surface area contributed by atoms with Crippen LogP contribution >= 0.6 is 11.6 Å². The fourth-order valence-electron chi connectivity index (χ4n) is 2.24. The summed E-state index contributed by atoms with van der Waals surface area (Å²) in [4.78, 5) is 11.0. The Morgan fingerprint density at radius 3 is 2.10 bits per heavy atom. The predicted octanol–water partition coefficient (Wildman–Crippen LogP) is 2.51. The number of nitrogens with zero attached hydrogens (tertiary/aromatic N) is 3. The molecule has 0 saturated heterocycles. The van der Waals surface area contributed by atoms with Gasteiger partial charge in [0, 0.05) is 5.69 Å². The van der Waals surface area contributed by atoms with E-state index >= 15 is 0 Å². The maximum atomic E-state index is 11.5. The van der Waals surface area contributed by atoms with Crippen LogP contribution in [-0.2, 0) is 20.2 Å². The zero-order valence-electron chi connectivity index (χ0n) is 14.2. The minimum absolute atomic E-state index is 0.00316. The fourth-order valence-corrected chi connectivity index (χ4v) is 3.57. The number of rotatable bonds is 6. The van der Waals surface area contributed by atoms with Crippen molar-refractivity contribution in [1.29, 1.82) is 0 Å². The van der Waals surface area contributed by atoms with E-state index in [1.54, 1.807) is 0 Å². The highest BCUT2D eigenvalue weighted by molar-refractivity contribution is 7.86. The fraction of sp³-hybridized carbons (Fsp3) is 0. The quantitative estimate of drug-likeness (QED) is 0.400. The van der Waals surface area contributed by atoms with E-state index in [-0.39, 0.29) is 33.5 Å². The van der Waals surface area contributed by atoms with Crippen molar-refractivity contribution in [3.05, 3.63) is 53.8 Å². The molecule has 0 spiro atoms. The van der Waals surface area contributed by atoms with Gasteiger partial charge in [-0.3, -0.25) is 9.11 Å². The van der Waals surface area contributed by atoms with E-state index in [0.29, 0.717) is 0 Å². The topological polar surface area (TPSA) is 171 Å². The minimum atomic E-state index is -4.50. The van der Waals surface area contributed by atoms with Crippen LogP contribution in [0, 0.1) is 0 Å². The monoisotopic (exact) mass is 457 g/mol. The Balaban J connectivity index is 1.93. The van der Waals surface area contributed by atoms with Gasteiger partial charge in [-0.25, -0.2) is 0 Å². The molecule has 11 nitrogen and oxygen atoms in total. The number of para-hydroxylation sites is 1. The first-order valence-electron chi connectivity index (χ1n) is 7.62. The van der Waals surface area contributed by atoms with Crippen LogP contribution in [0.25, 0.3) is 0 Å². The summed E-state index contributed by atoms with van der Waals surface area (Å²) in [5.74, 6) is -0.237. The average Bonchev–Trinajstić information content (AvgIpc) is 2.60. The van der Waals surface area contributed by atoms with Gasteiger partial charge in [0.1, 0.15) is 4.90 Å². The summed E-state index contributed by atoms with van der Waals surface area (Å²) in [5, 5.41) is 5.07. The van der Waals surface area contributed by atoms with Crippen LogP contribution < -0.4 is 10.6 Å². The van der Waals surface area contributed by atoms with Crippen LogP contribution in [0.1, 0.15) is 0 Å². The first-order valence-corrected chi connectivity index (χ1v) is 10.9. The molecule has 0 saturated carbocycles. The van der Waals surface area contributed by atoms with E-state index in [0.717, 1.165) is 6.07 Å². The Kier molecular flexibility index (Phi) is 5.68. The number of halogens is 1. The van der Waals surface area contributed by atoms with Gasteiger partial charge in [-0.1, -0.05) is 18.2 Å². The first kappa shape index (κ1) is 20.9.